The van der Waals surface area contributed by atoms with E-state index in [1.165, 1.54) is 47.9 Å². The van der Waals surface area contributed by atoms with E-state index in [9.17, 15) is 19.2 Å². The fraction of sp³-hybridized carbons (Fsp3) is 0.0500. The third kappa shape index (κ3) is 11.9. The largest absolute Gasteiger partial charge is 0.457 e. The highest BCUT2D eigenvalue weighted by Crippen LogP contribution is 2.27. The van der Waals surface area contributed by atoms with Crippen molar-refractivity contribution in [3.05, 3.63) is 145 Å². The molecule has 272 valence electrons. The molecule has 14 heteroatoms. The molecule has 0 atom stereocenters. The molecule has 0 fully saturated rings. The lowest BCUT2D eigenvalue weighted by Gasteiger charge is -2.09. The Kier molecular flexibility index (Phi) is 13.6. The molecular formula is C40H31N3O10S. The van der Waals surface area contributed by atoms with Crippen LogP contribution in [0.1, 0.15) is 16.7 Å². The van der Waals surface area contributed by atoms with Gasteiger partial charge in [-0.1, -0.05) is 60.9 Å². The summed E-state index contributed by atoms with van der Waals surface area (Å²) < 4.78 is 32.3. The number of ether oxygens (including phenoxy) is 6. The Morgan fingerprint density at radius 3 is 1.81 bits per heavy atom. The molecule has 54 heavy (non-hydrogen) atoms. The molecule has 0 saturated carbocycles. The van der Waals surface area contributed by atoms with E-state index in [-0.39, 0.29) is 25.1 Å². The third-order valence-electron chi connectivity index (χ3n) is 6.84. The Bertz CT molecular complexity index is 2190. The molecule has 0 amide bonds. The summed E-state index contributed by atoms with van der Waals surface area (Å²) in [5, 5.41) is 4.82. The highest BCUT2D eigenvalue weighted by Gasteiger charge is 2.11. The van der Waals surface area contributed by atoms with Crippen LogP contribution in [0.3, 0.4) is 0 Å². The Morgan fingerprint density at radius 2 is 1.24 bits per heavy atom. The lowest BCUT2D eigenvalue weighted by atomic mass is 10.2. The Balaban J connectivity index is 1.23. The number of fused-ring (bicyclic) bond motifs is 1. The third-order valence-corrected chi connectivity index (χ3v) is 7.78. The van der Waals surface area contributed by atoms with Crippen LogP contribution in [0.5, 0.6) is 23.0 Å². The molecule has 5 aromatic rings. The maximum Gasteiger partial charge on any atom is 0.336 e. The minimum absolute atomic E-state index is 0.147. The molecule has 13 nitrogen and oxygen atoms in total. The minimum atomic E-state index is -0.678. The molecule has 0 aliphatic heterocycles. The summed E-state index contributed by atoms with van der Waals surface area (Å²) >= 11 is 1.41. The van der Waals surface area contributed by atoms with Crippen LogP contribution < -0.4 is 24.4 Å². The molecule has 1 N–H and O–H groups in total. The van der Waals surface area contributed by atoms with Crippen molar-refractivity contribution >= 4 is 68.9 Å². The number of nitrogens with zero attached hydrogens (tertiary/aromatic N) is 2. The molecule has 0 aliphatic rings. The number of hydrazone groups is 1. The van der Waals surface area contributed by atoms with Gasteiger partial charge in [0.15, 0.2) is 0 Å². The van der Waals surface area contributed by atoms with Gasteiger partial charge in [-0.3, -0.25) is 5.43 Å². The Morgan fingerprint density at radius 1 is 0.685 bits per heavy atom. The topological polar surface area (TPSA) is 161 Å². The first-order chi connectivity index (χ1) is 26.3. The van der Waals surface area contributed by atoms with E-state index in [0.717, 1.165) is 22.4 Å². The maximum atomic E-state index is 12.8. The zero-order valence-corrected chi connectivity index (χ0v) is 29.2. The minimum Gasteiger partial charge on any atom is -0.457 e. The number of hydrogen-bond donors (Lipinski definition) is 1. The smallest absolute Gasteiger partial charge is 0.336 e. The molecular weight excluding hydrogens is 715 g/mol. The molecule has 4 aromatic carbocycles. The molecule has 1 aromatic heterocycles. The zero-order valence-electron chi connectivity index (χ0n) is 28.4. The summed E-state index contributed by atoms with van der Waals surface area (Å²) in [6.07, 6.45) is 9.09. The second-order valence-electron chi connectivity index (χ2n) is 10.6. The van der Waals surface area contributed by atoms with Crippen molar-refractivity contribution in [3.8, 4) is 23.0 Å². The van der Waals surface area contributed by atoms with Crippen molar-refractivity contribution in [1.82, 2.24) is 4.98 Å². The van der Waals surface area contributed by atoms with E-state index in [1.807, 2.05) is 24.3 Å². The molecule has 0 aliphatic carbocycles. The van der Waals surface area contributed by atoms with Gasteiger partial charge in [-0.2, -0.15) is 5.10 Å². The highest BCUT2D eigenvalue weighted by molar-refractivity contribution is 7.22. The average molecular weight is 746 g/mol. The van der Waals surface area contributed by atoms with Crippen LogP contribution in [0.15, 0.2) is 134 Å². The van der Waals surface area contributed by atoms with Gasteiger partial charge in [0.25, 0.3) is 0 Å². The van der Waals surface area contributed by atoms with Crippen LogP contribution >= 0.6 is 11.3 Å². The van der Waals surface area contributed by atoms with Crippen LogP contribution in [0.2, 0.25) is 0 Å². The van der Waals surface area contributed by atoms with E-state index < -0.39 is 23.9 Å². The number of anilines is 1. The number of rotatable bonds is 17. The lowest BCUT2D eigenvalue weighted by Crippen LogP contribution is -2.08. The summed E-state index contributed by atoms with van der Waals surface area (Å²) in [6, 6.07) is 25.5. The predicted molar refractivity (Wildman–Crippen MR) is 203 cm³/mol. The van der Waals surface area contributed by atoms with E-state index >= 15 is 0 Å². The molecule has 5 rings (SSSR count). The fourth-order valence-corrected chi connectivity index (χ4v) is 5.08. The normalized spacial score (nSPS) is 11.0. The number of esters is 4. The van der Waals surface area contributed by atoms with E-state index in [0.29, 0.717) is 33.3 Å². The molecule has 0 radical (unpaired) electrons. The first-order valence-electron chi connectivity index (χ1n) is 15.9. The molecule has 0 spiro atoms. The summed E-state index contributed by atoms with van der Waals surface area (Å²) in [5.41, 5.74) is 5.39. The predicted octanol–water partition coefficient (Wildman–Crippen LogP) is 7.11. The van der Waals surface area contributed by atoms with E-state index in [1.54, 1.807) is 60.7 Å². The quantitative estimate of drug-likeness (QED) is 0.0257. The van der Waals surface area contributed by atoms with Gasteiger partial charge in [0, 0.05) is 29.9 Å². The van der Waals surface area contributed by atoms with Crippen molar-refractivity contribution in [2.75, 3.05) is 19.0 Å². The second-order valence-corrected chi connectivity index (χ2v) is 11.6. The fourth-order valence-electron chi connectivity index (χ4n) is 4.26. The second kappa shape index (κ2) is 19.3. The van der Waals surface area contributed by atoms with Crippen molar-refractivity contribution in [1.29, 1.82) is 0 Å². The average Bonchev–Trinajstić information content (AvgIpc) is 3.61. The van der Waals surface area contributed by atoms with Gasteiger partial charge in [-0.05, 0) is 77.9 Å². The van der Waals surface area contributed by atoms with Crippen LogP contribution in [0.4, 0.5) is 5.13 Å². The van der Waals surface area contributed by atoms with Crippen molar-refractivity contribution in [2.24, 2.45) is 5.10 Å². The van der Waals surface area contributed by atoms with Gasteiger partial charge >= 0.3 is 23.9 Å². The number of benzene rings is 4. The first-order valence-corrected chi connectivity index (χ1v) is 16.7. The van der Waals surface area contributed by atoms with Crippen molar-refractivity contribution in [3.63, 3.8) is 0 Å². The van der Waals surface area contributed by atoms with Crippen LogP contribution in [0.25, 0.3) is 22.4 Å². The number of para-hydroxylation sites is 1. The summed E-state index contributed by atoms with van der Waals surface area (Å²) in [6.45, 7) is 6.09. The highest BCUT2D eigenvalue weighted by atomic mass is 32.1. The van der Waals surface area contributed by atoms with Crippen molar-refractivity contribution < 1.29 is 47.6 Å². The van der Waals surface area contributed by atoms with Crippen molar-refractivity contribution in [2.45, 2.75) is 0 Å². The van der Waals surface area contributed by atoms with Gasteiger partial charge in [0.2, 0.25) is 18.7 Å². The molecule has 0 bridgehead atoms. The summed E-state index contributed by atoms with van der Waals surface area (Å²) in [4.78, 5) is 52.3. The number of aromatic nitrogens is 1. The number of carbonyl (C=O) groups excluding carboxylic acids is 4. The van der Waals surface area contributed by atoms with Gasteiger partial charge in [-0.25, -0.2) is 24.2 Å². The molecule has 0 unspecified atom stereocenters. The number of carbonyl (C=O) groups is 4. The SMILES string of the molecule is C=CC(=O)OCOc1ccc(/C=C/C(=O)Oc2ccc(OC(=O)/C=C/c3ccc(OCOC(=O)C=C)cc3)c(/C=N/Nc3nc4ccccc4s3)c2)cc1. The van der Waals surface area contributed by atoms with E-state index in [4.69, 9.17) is 28.4 Å². The number of thiazole rings is 1. The van der Waals surface area contributed by atoms with Crippen LogP contribution in [0, 0.1) is 0 Å². The number of nitrogens with one attached hydrogen (secondary N) is 1. The van der Waals surface area contributed by atoms with E-state index in [2.05, 4.69) is 28.7 Å². The molecule has 1 heterocycles. The monoisotopic (exact) mass is 745 g/mol. The van der Waals surface area contributed by atoms with Crippen LogP contribution in [-0.4, -0.2) is 48.7 Å². The first kappa shape index (κ1) is 37.9. The standard InChI is InChI=1S/C40H31N3O10S/c1-3-36(44)50-25-48-30-15-9-27(10-16-30)13-21-38(46)52-32-19-20-34(29(23-32)24-41-43-40-42-33-7-5-6-8-35(33)54-40)53-39(47)22-14-28-11-17-31(18-12-28)49-26-51-37(45)4-2/h3-24H,1-2,25-26H2,(H,42,43)/b21-13+,22-14+,41-24+. The maximum absolute atomic E-state index is 12.8. The summed E-state index contributed by atoms with van der Waals surface area (Å²) in [5.74, 6) is -1.31. The summed E-state index contributed by atoms with van der Waals surface area (Å²) in [7, 11) is 0. The Labute approximate surface area is 313 Å². The number of hydrogen-bond acceptors (Lipinski definition) is 14. The van der Waals surface area contributed by atoms with Gasteiger partial charge in [0.1, 0.15) is 23.0 Å². The zero-order chi connectivity index (χ0) is 38.1. The lowest BCUT2D eigenvalue weighted by molar-refractivity contribution is -0.145. The molecule has 0 saturated heterocycles. The van der Waals surface area contributed by atoms with Gasteiger partial charge in [-0.15, -0.1) is 0 Å². The Hall–Kier alpha value is -7.32. The van der Waals surface area contributed by atoms with Gasteiger partial charge < -0.3 is 28.4 Å². The van der Waals surface area contributed by atoms with Crippen LogP contribution in [-0.2, 0) is 28.7 Å². The van der Waals surface area contributed by atoms with Gasteiger partial charge in [0.05, 0.1) is 16.4 Å².